The summed E-state index contributed by atoms with van der Waals surface area (Å²) in [5.41, 5.74) is 1.70. The lowest BCUT2D eigenvalue weighted by molar-refractivity contribution is -0.0498. The van der Waals surface area contributed by atoms with Crippen LogP contribution in [0.5, 0.6) is 5.75 Å². The second-order valence-electron chi connectivity index (χ2n) is 4.92. The first-order valence-electron chi connectivity index (χ1n) is 7.04. The Bertz CT molecular complexity index is 543. The lowest BCUT2D eigenvalue weighted by atomic mass is 10.1. The van der Waals surface area contributed by atoms with Crippen LogP contribution in [0.2, 0.25) is 0 Å². The largest absolute Gasteiger partial charge is 0.472 e. The standard InChI is InChI=1S/C16H19F2NO3/c1-2-19(9-12-7-8-21-11-12)10-15(20)13-3-5-14(6-4-13)22-16(17)18/h3-8,11,15-16,20H,2,9-10H2,1H3. The van der Waals surface area contributed by atoms with E-state index in [9.17, 15) is 13.9 Å². The fourth-order valence-corrected chi connectivity index (χ4v) is 2.17. The number of likely N-dealkylation sites (N-methyl/N-ethyl adjacent to an activating group) is 1. The van der Waals surface area contributed by atoms with Crippen molar-refractivity contribution in [3.05, 3.63) is 54.0 Å². The number of halogens is 2. The highest BCUT2D eigenvalue weighted by molar-refractivity contribution is 5.28. The average molecular weight is 311 g/mol. The Labute approximate surface area is 127 Å². The van der Waals surface area contributed by atoms with Gasteiger partial charge in [0.1, 0.15) is 5.75 Å². The molecule has 0 aliphatic carbocycles. The van der Waals surface area contributed by atoms with Crippen molar-refractivity contribution < 1.29 is 23.0 Å². The van der Waals surface area contributed by atoms with Crippen molar-refractivity contribution >= 4 is 0 Å². The molecule has 2 aromatic rings. The van der Waals surface area contributed by atoms with Crippen LogP contribution in [0, 0.1) is 0 Å². The Morgan fingerprint density at radius 3 is 2.50 bits per heavy atom. The Kier molecular flexibility index (Phi) is 5.91. The molecule has 0 saturated heterocycles. The van der Waals surface area contributed by atoms with Crippen molar-refractivity contribution in [2.24, 2.45) is 0 Å². The topological polar surface area (TPSA) is 45.8 Å². The number of ether oxygens (including phenoxy) is 1. The maximum absolute atomic E-state index is 12.1. The van der Waals surface area contributed by atoms with Crippen molar-refractivity contribution in [3.63, 3.8) is 0 Å². The van der Waals surface area contributed by atoms with Crippen molar-refractivity contribution in [3.8, 4) is 5.75 Å². The zero-order chi connectivity index (χ0) is 15.9. The van der Waals surface area contributed by atoms with Gasteiger partial charge in [0.25, 0.3) is 0 Å². The first-order chi connectivity index (χ1) is 10.6. The second-order valence-corrected chi connectivity index (χ2v) is 4.92. The van der Waals surface area contributed by atoms with E-state index in [1.54, 1.807) is 24.7 Å². The zero-order valence-corrected chi connectivity index (χ0v) is 12.3. The molecule has 6 heteroatoms. The molecular formula is C16H19F2NO3. The minimum absolute atomic E-state index is 0.0803. The van der Waals surface area contributed by atoms with Crippen LogP contribution in [0.1, 0.15) is 24.2 Å². The van der Waals surface area contributed by atoms with E-state index < -0.39 is 12.7 Å². The maximum atomic E-state index is 12.1. The van der Waals surface area contributed by atoms with Gasteiger partial charge >= 0.3 is 6.61 Å². The molecule has 1 aromatic heterocycles. The molecule has 0 radical (unpaired) electrons. The monoisotopic (exact) mass is 311 g/mol. The fraction of sp³-hybridized carbons (Fsp3) is 0.375. The average Bonchev–Trinajstić information content (AvgIpc) is 2.99. The maximum Gasteiger partial charge on any atom is 0.387 e. The summed E-state index contributed by atoms with van der Waals surface area (Å²) in [5.74, 6) is 0.0803. The van der Waals surface area contributed by atoms with E-state index in [0.29, 0.717) is 18.7 Å². The summed E-state index contributed by atoms with van der Waals surface area (Å²) in [5, 5.41) is 10.3. The van der Waals surface area contributed by atoms with Crippen LogP contribution in [0.4, 0.5) is 8.78 Å². The van der Waals surface area contributed by atoms with Crippen LogP contribution in [-0.4, -0.2) is 29.7 Å². The van der Waals surface area contributed by atoms with Crippen LogP contribution in [-0.2, 0) is 6.54 Å². The molecule has 22 heavy (non-hydrogen) atoms. The minimum atomic E-state index is -2.85. The number of hydrogen-bond donors (Lipinski definition) is 1. The molecule has 1 heterocycles. The van der Waals surface area contributed by atoms with Gasteiger partial charge in [0, 0.05) is 18.7 Å². The molecule has 1 N–H and O–H groups in total. The molecule has 4 nitrogen and oxygen atoms in total. The summed E-state index contributed by atoms with van der Waals surface area (Å²) in [6, 6.07) is 7.92. The van der Waals surface area contributed by atoms with Gasteiger partial charge in [-0.3, -0.25) is 4.90 Å². The summed E-state index contributed by atoms with van der Waals surface area (Å²) in [6.07, 6.45) is 2.58. The smallest absolute Gasteiger partial charge is 0.387 e. The first kappa shape index (κ1) is 16.5. The van der Waals surface area contributed by atoms with Gasteiger partial charge in [0.05, 0.1) is 18.6 Å². The lowest BCUT2D eigenvalue weighted by Gasteiger charge is -2.23. The molecule has 0 saturated carbocycles. The van der Waals surface area contributed by atoms with E-state index in [-0.39, 0.29) is 5.75 Å². The van der Waals surface area contributed by atoms with Gasteiger partial charge in [-0.15, -0.1) is 0 Å². The molecule has 0 spiro atoms. The van der Waals surface area contributed by atoms with Gasteiger partial charge < -0.3 is 14.3 Å². The van der Waals surface area contributed by atoms with Gasteiger partial charge in [-0.25, -0.2) is 0 Å². The molecule has 1 aromatic carbocycles. The Balaban J connectivity index is 1.93. The van der Waals surface area contributed by atoms with Gasteiger partial charge in [-0.05, 0) is 30.3 Å². The molecule has 2 rings (SSSR count). The molecule has 0 fully saturated rings. The molecule has 0 bridgehead atoms. The number of nitrogens with zero attached hydrogens (tertiary/aromatic N) is 1. The summed E-state index contributed by atoms with van der Waals surface area (Å²) in [4.78, 5) is 2.07. The Morgan fingerprint density at radius 1 is 1.23 bits per heavy atom. The SMILES string of the molecule is CCN(Cc1ccoc1)CC(O)c1ccc(OC(F)F)cc1. The predicted molar refractivity (Wildman–Crippen MR) is 77.7 cm³/mol. The van der Waals surface area contributed by atoms with Crippen molar-refractivity contribution in [1.29, 1.82) is 0 Å². The number of aliphatic hydroxyl groups is 1. The number of rotatable bonds is 8. The van der Waals surface area contributed by atoms with Crippen LogP contribution in [0.15, 0.2) is 47.3 Å². The summed E-state index contributed by atoms with van der Waals surface area (Å²) >= 11 is 0. The number of alkyl halides is 2. The van der Waals surface area contributed by atoms with E-state index >= 15 is 0 Å². The van der Waals surface area contributed by atoms with Crippen molar-refractivity contribution in [2.45, 2.75) is 26.2 Å². The van der Waals surface area contributed by atoms with Gasteiger partial charge in [0.15, 0.2) is 0 Å². The van der Waals surface area contributed by atoms with E-state index in [4.69, 9.17) is 4.42 Å². The third-order valence-corrected chi connectivity index (χ3v) is 3.35. The van der Waals surface area contributed by atoms with E-state index in [2.05, 4.69) is 9.64 Å². The summed E-state index contributed by atoms with van der Waals surface area (Å²) < 4.78 is 33.5. The number of aliphatic hydroxyl groups excluding tert-OH is 1. The van der Waals surface area contributed by atoms with Crippen LogP contribution < -0.4 is 4.74 Å². The zero-order valence-electron chi connectivity index (χ0n) is 12.3. The Morgan fingerprint density at radius 2 is 1.95 bits per heavy atom. The number of hydrogen-bond acceptors (Lipinski definition) is 4. The summed E-state index contributed by atoms with van der Waals surface area (Å²) in [6.45, 7) is 1.05. The van der Waals surface area contributed by atoms with E-state index in [1.807, 2.05) is 13.0 Å². The summed E-state index contributed by atoms with van der Waals surface area (Å²) in [7, 11) is 0. The lowest BCUT2D eigenvalue weighted by Crippen LogP contribution is -2.28. The Hall–Kier alpha value is -1.92. The highest BCUT2D eigenvalue weighted by Crippen LogP contribution is 2.20. The van der Waals surface area contributed by atoms with E-state index in [1.165, 1.54) is 12.1 Å². The molecule has 1 atom stereocenters. The van der Waals surface area contributed by atoms with Crippen molar-refractivity contribution in [1.82, 2.24) is 4.90 Å². The quantitative estimate of drug-likeness (QED) is 0.811. The second kappa shape index (κ2) is 7.91. The fourth-order valence-electron chi connectivity index (χ4n) is 2.17. The molecular weight excluding hydrogens is 292 g/mol. The highest BCUT2D eigenvalue weighted by Gasteiger charge is 2.14. The molecule has 0 aliphatic rings. The normalized spacial score (nSPS) is 12.8. The number of benzene rings is 1. The number of furan rings is 1. The van der Waals surface area contributed by atoms with Crippen molar-refractivity contribution in [2.75, 3.05) is 13.1 Å². The predicted octanol–water partition coefficient (Wildman–Crippen LogP) is 3.44. The van der Waals surface area contributed by atoms with E-state index in [0.717, 1.165) is 12.1 Å². The first-order valence-corrected chi connectivity index (χ1v) is 7.04. The molecule has 0 amide bonds. The third-order valence-electron chi connectivity index (χ3n) is 3.35. The molecule has 120 valence electrons. The van der Waals surface area contributed by atoms with Crippen LogP contribution in [0.25, 0.3) is 0 Å². The molecule has 1 unspecified atom stereocenters. The van der Waals surface area contributed by atoms with Crippen LogP contribution >= 0.6 is 0 Å². The van der Waals surface area contributed by atoms with Gasteiger partial charge in [-0.2, -0.15) is 8.78 Å². The third kappa shape index (κ3) is 4.82. The van der Waals surface area contributed by atoms with Crippen LogP contribution in [0.3, 0.4) is 0 Å². The highest BCUT2D eigenvalue weighted by atomic mass is 19.3. The minimum Gasteiger partial charge on any atom is -0.472 e. The van der Waals surface area contributed by atoms with Gasteiger partial charge in [0.2, 0.25) is 0 Å². The molecule has 0 aliphatic heterocycles. The van der Waals surface area contributed by atoms with Gasteiger partial charge in [-0.1, -0.05) is 19.1 Å².